The van der Waals surface area contributed by atoms with Crippen LogP contribution >= 0.6 is 0 Å². The first-order chi connectivity index (χ1) is 9.24. The number of quaternary nitrogens is 1. The smallest absolute Gasteiger partial charge is 0.0786 e. The molecule has 0 saturated carbocycles. The first-order valence-corrected chi connectivity index (χ1v) is 8.70. The van der Waals surface area contributed by atoms with Crippen LogP contribution in [0.25, 0.3) is 0 Å². The zero-order valence-electron chi connectivity index (χ0n) is 13.8. The fraction of sp³-hybridized carbons (Fsp3) is 1.00. The molecule has 0 radical (unpaired) electrons. The Morgan fingerprint density at radius 2 is 0.947 bits per heavy atom. The molecule has 0 aromatic rings. The van der Waals surface area contributed by atoms with Crippen LogP contribution in [0.5, 0.6) is 0 Å². The van der Waals surface area contributed by atoms with Gasteiger partial charge in [0.25, 0.3) is 0 Å². The van der Waals surface area contributed by atoms with Crippen molar-refractivity contribution in [1.82, 2.24) is 0 Å². The molecule has 1 N–H and O–H groups in total. The second kappa shape index (κ2) is 12.9. The molecule has 0 atom stereocenters. The summed E-state index contributed by atoms with van der Waals surface area (Å²) in [5, 5.41) is 8.69. The third-order valence-corrected chi connectivity index (χ3v) is 4.80. The van der Waals surface area contributed by atoms with Gasteiger partial charge in [0, 0.05) is 6.61 Å². The summed E-state index contributed by atoms with van der Waals surface area (Å²) in [6, 6.07) is 0. The number of unbranched alkanes of at least 4 members (excludes halogenated alkanes) is 8. The zero-order valence-corrected chi connectivity index (χ0v) is 13.8. The number of nitrogens with zero attached hydrogens (tertiary/aromatic N) is 1. The number of aliphatic hydroxyl groups excluding tert-OH is 1. The van der Waals surface area contributed by atoms with Gasteiger partial charge in [-0.05, 0) is 40.0 Å². The van der Waals surface area contributed by atoms with E-state index >= 15 is 0 Å². The highest BCUT2D eigenvalue weighted by Crippen LogP contribution is 2.13. The van der Waals surface area contributed by atoms with Gasteiger partial charge in [-0.2, -0.15) is 0 Å². The second-order valence-corrected chi connectivity index (χ2v) is 5.92. The van der Waals surface area contributed by atoms with Crippen molar-refractivity contribution in [2.24, 2.45) is 0 Å². The summed E-state index contributed by atoms with van der Waals surface area (Å²) in [4.78, 5) is 0. The van der Waals surface area contributed by atoms with Gasteiger partial charge < -0.3 is 9.59 Å². The Bertz CT molecular complexity index is 170. The van der Waals surface area contributed by atoms with Crippen molar-refractivity contribution in [2.75, 3.05) is 32.8 Å². The number of aliphatic hydroxyl groups is 1. The third-order valence-electron chi connectivity index (χ3n) is 4.80. The summed E-state index contributed by atoms with van der Waals surface area (Å²) in [5.41, 5.74) is 0. The van der Waals surface area contributed by atoms with Gasteiger partial charge >= 0.3 is 0 Å². The van der Waals surface area contributed by atoms with E-state index in [1.54, 1.807) is 0 Å². The molecule has 0 spiro atoms. The van der Waals surface area contributed by atoms with E-state index in [1.807, 2.05) is 0 Å². The van der Waals surface area contributed by atoms with Gasteiger partial charge in [-0.15, -0.1) is 0 Å². The molecule has 0 amide bonds. The molecule has 2 nitrogen and oxygen atoms in total. The van der Waals surface area contributed by atoms with Crippen LogP contribution in [0, 0.1) is 0 Å². The number of hydrogen-bond donors (Lipinski definition) is 1. The van der Waals surface area contributed by atoms with E-state index in [4.69, 9.17) is 5.11 Å². The van der Waals surface area contributed by atoms with Crippen molar-refractivity contribution in [1.29, 1.82) is 0 Å². The van der Waals surface area contributed by atoms with Crippen molar-refractivity contribution in [2.45, 2.75) is 78.6 Å². The van der Waals surface area contributed by atoms with Gasteiger partial charge in [0.15, 0.2) is 0 Å². The minimum atomic E-state index is 0.367. The average Bonchev–Trinajstić information content (AvgIpc) is 2.46. The number of rotatable bonds is 14. The van der Waals surface area contributed by atoms with Gasteiger partial charge in [-0.1, -0.05) is 38.5 Å². The monoisotopic (exact) mass is 272 g/mol. The number of hydrogen-bond acceptors (Lipinski definition) is 1. The van der Waals surface area contributed by atoms with E-state index in [2.05, 4.69) is 20.8 Å². The van der Waals surface area contributed by atoms with E-state index in [0.717, 1.165) is 6.42 Å². The van der Waals surface area contributed by atoms with Crippen molar-refractivity contribution in [3.05, 3.63) is 0 Å². The average molecular weight is 272 g/mol. The predicted octanol–water partition coefficient (Wildman–Crippen LogP) is 4.37. The Labute approximate surface area is 121 Å². The molecule has 116 valence electrons. The fourth-order valence-corrected chi connectivity index (χ4v) is 2.94. The molecule has 19 heavy (non-hydrogen) atoms. The summed E-state index contributed by atoms with van der Waals surface area (Å²) < 4.78 is 1.31. The van der Waals surface area contributed by atoms with Gasteiger partial charge in [0.1, 0.15) is 0 Å². The highest BCUT2D eigenvalue weighted by atomic mass is 16.2. The Balaban J connectivity index is 3.35. The summed E-state index contributed by atoms with van der Waals surface area (Å²) in [6.45, 7) is 12.6. The molecule has 0 aromatic heterocycles. The van der Waals surface area contributed by atoms with Gasteiger partial charge in [0.05, 0.1) is 26.2 Å². The maximum absolute atomic E-state index is 8.69. The molecule has 0 heterocycles. The Hall–Kier alpha value is -0.0800. The van der Waals surface area contributed by atoms with Gasteiger partial charge in [0.2, 0.25) is 0 Å². The summed E-state index contributed by atoms with van der Waals surface area (Å²) in [5.74, 6) is 0. The van der Waals surface area contributed by atoms with Crippen molar-refractivity contribution < 1.29 is 9.59 Å². The molecular weight excluding hydrogens is 234 g/mol. The topological polar surface area (TPSA) is 20.2 Å². The Morgan fingerprint density at radius 3 is 1.32 bits per heavy atom. The van der Waals surface area contributed by atoms with Crippen LogP contribution in [0.4, 0.5) is 0 Å². The zero-order chi connectivity index (χ0) is 14.4. The quantitative estimate of drug-likeness (QED) is 0.368. The van der Waals surface area contributed by atoms with Gasteiger partial charge in [-0.3, -0.25) is 0 Å². The van der Waals surface area contributed by atoms with E-state index in [-0.39, 0.29) is 0 Å². The van der Waals surface area contributed by atoms with Crippen molar-refractivity contribution in [3.63, 3.8) is 0 Å². The first kappa shape index (κ1) is 18.9. The van der Waals surface area contributed by atoms with Crippen LogP contribution in [-0.2, 0) is 0 Å². The standard InChI is InChI=1S/C17H38NO/c1-4-18(5-2,6-3)16-14-12-10-8-7-9-11-13-15-17-19/h19H,4-17H2,1-3H3/q+1. The lowest BCUT2D eigenvalue weighted by atomic mass is 10.1. The largest absolute Gasteiger partial charge is 0.396 e. The van der Waals surface area contributed by atoms with E-state index in [0.29, 0.717) is 6.61 Å². The minimum Gasteiger partial charge on any atom is -0.396 e. The van der Waals surface area contributed by atoms with Crippen LogP contribution in [0.15, 0.2) is 0 Å². The Morgan fingerprint density at radius 1 is 0.579 bits per heavy atom. The molecule has 0 bridgehead atoms. The highest BCUT2D eigenvalue weighted by molar-refractivity contribution is 4.48. The van der Waals surface area contributed by atoms with Crippen LogP contribution in [0.1, 0.15) is 78.6 Å². The summed E-state index contributed by atoms with van der Waals surface area (Å²) >= 11 is 0. The molecule has 0 aliphatic heterocycles. The molecule has 0 saturated heterocycles. The Kier molecular flexibility index (Phi) is 12.9. The maximum Gasteiger partial charge on any atom is 0.0786 e. The first-order valence-electron chi connectivity index (χ1n) is 8.70. The van der Waals surface area contributed by atoms with E-state index in [1.165, 1.54) is 82.0 Å². The molecule has 0 unspecified atom stereocenters. The predicted molar refractivity (Wildman–Crippen MR) is 85.4 cm³/mol. The minimum absolute atomic E-state index is 0.367. The lowest BCUT2D eigenvalue weighted by Crippen LogP contribution is -2.48. The highest BCUT2D eigenvalue weighted by Gasteiger charge is 2.19. The van der Waals surface area contributed by atoms with Crippen LogP contribution in [0.3, 0.4) is 0 Å². The van der Waals surface area contributed by atoms with Crippen molar-refractivity contribution in [3.8, 4) is 0 Å². The third kappa shape index (κ3) is 9.45. The van der Waals surface area contributed by atoms with Crippen LogP contribution < -0.4 is 0 Å². The molecule has 0 aliphatic carbocycles. The molecular formula is C17H38NO+. The molecule has 2 heteroatoms. The second-order valence-electron chi connectivity index (χ2n) is 5.92. The maximum atomic E-state index is 8.69. The van der Waals surface area contributed by atoms with Crippen LogP contribution in [0.2, 0.25) is 0 Å². The van der Waals surface area contributed by atoms with Gasteiger partial charge in [-0.25, -0.2) is 0 Å². The lowest BCUT2D eigenvalue weighted by molar-refractivity contribution is -0.923. The molecule has 0 aromatic carbocycles. The van der Waals surface area contributed by atoms with E-state index in [9.17, 15) is 0 Å². The van der Waals surface area contributed by atoms with Crippen molar-refractivity contribution >= 4 is 0 Å². The molecule has 0 rings (SSSR count). The molecule has 0 fully saturated rings. The summed E-state index contributed by atoms with van der Waals surface area (Å²) in [6.07, 6.45) is 11.9. The summed E-state index contributed by atoms with van der Waals surface area (Å²) in [7, 11) is 0. The SMILES string of the molecule is CC[N+](CC)(CC)CCCCCCCCCCCO. The lowest BCUT2D eigenvalue weighted by Gasteiger charge is -2.35. The molecule has 0 aliphatic rings. The fourth-order valence-electron chi connectivity index (χ4n) is 2.94. The normalized spacial score (nSPS) is 12.0. The van der Waals surface area contributed by atoms with Crippen LogP contribution in [-0.4, -0.2) is 42.4 Å². The van der Waals surface area contributed by atoms with E-state index < -0.39 is 0 Å².